The number of thiophene rings is 1. The Hall–Kier alpha value is -2.24. The van der Waals surface area contributed by atoms with Crippen LogP contribution in [0.5, 0.6) is 0 Å². The summed E-state index contributed by atoms with van der Waals surface area (Å²) in [6, 6.07) is 12.7. The highest BCUT2D eigenvalue weighted by atomic mass is 32.1. The minimum Gasteiger partial charge on any atom is -0.363 e. The maximum Gasteiger partial charge on any atom is 0.0729 e. The normalized spacial score (nSPS) is 22.2. The molecule has 1 spiro atoms. The smallest absolute Gasteiger partial charge is 0.0729 e. The fourth-order valence-corrected chi connectivity index (χ4v) is 5.13. The molecule has 5 heteroatoms. The summed E-state index contributed by atoms with van der Waals surface area (Å²) >= 11 is 1.78. The minimum atomic E-state index is 0.154. The fourth-order valence-electron chi connectivity index (χ4n) is 4.47. The van der Waals surface area contributed by atoms with Crippen molar-refractivity contribution in [2.24, 2.45) is 0 Å². The second-order valence-electron chi connectivity index (χ2n) is 7.42. The number of rotatable bonds is 4. The molecule has 0 saturated carbocycles. The first-order valence-electron chi connectivity index (χ1n) is 9.16. The first-order valence-corrected chi connectivity index (χ1v) is 10.1. The van der Waals surface area contributed by atoms with E-state index in [4.69, 9.17) is 4.98 Å². The summed E-state index contributed by atoms with van der Waals surface area (Å²) in [6.45, 7) is 5.17. The molecule has 0 aliphatic carbocycles. The molecule has 1 saturated heterocycles. The molecule has 0 amide bonds. The summed E-state index contributed by atoms with van der Waals surface area (Å²) in [7, 11) is 0. The van der Waals surface area contributed by atoms with Crippen molar-refractivity contribution < 1.29 is 0 Å². The molecular formula is C21H22N4S. The van der Waals surface area contributed by atoms with Crippen LogP contribution in [-0.2, 0) is 18.5 Å². The first-order chi connectivity index (χ1) is 12.8. The maximum absolute atomic E-state index is 4.83. The summed E-state index contributed by atoms with van der Waals surface area (Å²) in [5.41, 5.74) is 5.27. The van der Waals surface area contributed by atoms with E-state index in [0.29, 0.717) is 0 Å². The van der Waals surface area contributed by atoms with Gasteiger partial charge in [-0.05, 0) is 59.6 Å². The number of fused-ring (bicyclic) bond motifs is 2. The van der Waals surface area contributed by atoms with Crippen LogP contribution in [0.25, 0.3) is 0 Å². The number of pyridine rings is 2. The van der Waals surface area contributed by atoms with Crippen LogP contribution in [0, 0.1) is 0 Å². The van der Waals surface area contributed by atoms with E-state index in [2.05, 4.69) is 55.9 Å². The molecule has 0 aromatic carbocycles. The van der Waals surface area contributed by atoms with Crippen LogP contribution in [0.2, 0.25) is 0 Å². The Morgan fingerprint density at radius 1 is 1.00 bits per heavy atom. The summed E-state index contributed by atoms with van der Waals surface area (Å²) in [4.78, 5) is 14.4. The maximum atomic E-state index is 4.83. The van der Waals surface area contributed by atoms with Crippen LogP contribution < -0.4 is 4.90 Å². The van der Waals surface area contributed by atoms with E-state index in [9.17, 15) is 0 Å². The van der Waals surface area contributed by atoms with E-state index in [-0.39, 0.29) is 5.41 Å². The third-order valence-electron chi connectivity index (χ3n) is 5.62. The van der Waals surface area contributed by atoms with Crippen LogP contribution in [-0.4, -0.2) is 34.5 Å². The molecule has 1 atom stereocenters. The number of hydrogen-bond acceptors (Lipinski definition) is 5. The van der Waals surface area contributed by atoms with Crippen molar-refractivity contribution in [2.75, 3.05) is 24.5 Å². The highest BCUT2D eigenvalue weighted by Gasteiger charge is 2.48. The molecular weight excluding hydrogens is 340 g/mol. The minimum absolute atomic E-state index is 0.154. The number of aromatic nitrogens is 2. The van der Waals surface area contributed by atoms with Crippen molar-refractivity contribution in [3.63, 3.8) is 0 Å². The molecule has 132 valence electrons. The zero-order valence-electron chi connectivity index (χ0n) is 14.7. The second-order valence-corrected chi connectivity index (χ2v) is 8.20. The van der Waals surface area contributed by atoms with Crippen LogP contribution in [0.4, 0.5) is 5.69 Å². The summed E-state index contributed by atoms with van der Waals surface area (Å²) < 4.78 is 0. The largest absolute Gasteiger partial charge is 0.363 e. The Morgan fingerprint density at radius 3 is 2.81 bits per heavy atom. The molecule has 2 aliphatic heterocycles. The third kappa shape index (κ3) is 2.81. The lowest BCUT2D eigenvalue weighted by atomic mass is 9.85. The predicted octanol–water partition coefficient (Wildman–Crippen LogP) is 3.70. The Morgan fingerprint density at radius 2 is 1.96 bits per heavy atom. The number of hydrogen-bond donors (Lipinski definition) is 0. The van der Waals surface area contributed by atoms with Gasteiger partial charge in [0.15, 0.2) is 0 Å². The Bertz CT molecular complexity index is 880. The van der Waals surface area contributed by atoms with Gasteiger partial charge in [0.1, 0.15) is 0 Å². The molecule has 5 rings (SSSR count). The lowest BCUT2D eigenvalue weighted by molar-refractivity contribution is 0.305. The van der Waals surface area contributed by atoms with E-state index < -0.39 is 0 Å². The predicted molar refractivity (Wildman–Crippen MR) is 105 cm³/mol. The summed E-state index contributed by atoms with van der Waals surface area (Å²) in [5, 5.41) is 4.43. The van der Waals surface area contributed by atoms with Gasteiger partial charge in [0, 0.05) is 37.4 Å². The van der Waals surface area contributed by atoms with Crippen molar-refractivity contribution in [3.8, 4) is 0 Å². The summed E-state index contributed by atoms with van der Waals surface area (Å²) in [6.07, 6.45) is 5.01. The van der Waals surface area contributed by atoms with Gasteiger partial charge in [0.05, 0.1) is 23.6 Å². The van der Waals surface area contributed by atoms with Crippen molar-refractivity contribution in [3.05, 3.63) is 76.5 Å². The molecule has 4 nitrogen and oxygen atoms in total. The topological polar surface area (TPSA) is 32.3 Å². The highest BCUT2D eigenvalue weighted by Crippen LogP contribution is 2.45. The second kappa shape index (κ2) is 6.49. The van der Waals surface area contributed by atoms with Gasteiger partial charge in [0.25, 0.3) is 0 Å². The third-order valence-corrected chi connectivity index (χ3v) is 6.35. The van der Waals surface area contributed by atoms with Crippen LogP contribution in [0.3, 0.4) is 0 Å². The van der Waals surface area contributed by atoms with Gasteiger partial charge in [-0.2, -0.15) is 11.3 Å². The monoisotopic (exact) mass is 362 g/mol. The number of anilines is 1. The zero-order chi connectivity index (χ0) is 17.4. The van der Waals surface area contributed by atoms with Gasteiger partial charge in [-0.1, -0.05) is 6.07 Å². The van der Waals surface area contributed by atoms with E-state index in [1.165, 1.54) is 23.4 Å². The summed E-state index contributed by atoms with van der Waals surface area (Å²) in [5.74, 6) is 0. The van der Waals surface area contributed by atoms with Gasteiger partial charge < -0.3 is 4.90 Å². The van der Waals surface area contributed by atoms with E-state index in [1.54, 1.807) is 11.3 Å². The highest BCUT2D eigenvalue weighted by molar-refractivity contribution is 7.07. The molecule has 3 aromatic rings. The van der Waals surface area contributed by atoms with E-state index in [0.717, 1.165) is 38.4 Å². The van der Waals surface area contributed by atoms with Crippen molar-refractivity contribution in [2.45, 2.75) is 24.9 Å². The Kier molecular flexibility index (Phi) is 3.98. The quantitative estimate of drug-likeness (QED) is 0.708. The van der Waals surface area contributed by atoms with Gasteiger partial charge in [-0.3, -0.25) is 14.9 Å². The lowest BCUT2D eigenvalue weighted by Gasteiger charge is -2.25. The van der Waals surface area contributed by atoms with Gasteiger partial charge in [0.2, 0.25) is 0 Å². The molecule has 2 aliphatic rings. The molecule has 1 fully saturated rings. The van der Waals surface area contributed by atoms with Gasteiger partial charge >= 0.3 is 0 Å². The van der Waals surface area contributed by atoms with Crippen molar-refractivity contribution in [1.82, 2.24) is 14.9 Å². The molecule has 0 radical (unpaired) electrons. The molecule has 0 N–H and O–H groups in total. The number of likely N-dealkylation sites (tertiary alicyclic amines) is 1. The van der Waals surface area contributed by atoms with Crippen LogP contribution >= 0.6 is 11.3 Å². The Labute approximate surface area is 158 Å². The fraction of sp³-hybridized carbons (Fsp3) is 0.333. The molecule has 1 unspecified atom stereocenters. The van der Waals surface area contributed by atoms with Crippen molar-refractivity contribution in [1.29, 1.82) is 0 Å². The first kappa shape index (κ1) is 16.0. The molecule has 0 bridgehead atoms. The standard InChI is InChI=1S/C21H22N4S/c1-2-8-22-18(4-1)13-25-16-21(20-19(25)5-3-9-23-20)7-10-24(15-21)12-17-6-11-26-14-17/h1-6,8-9,11,14H,7,10,12-13,15-16H2. The average molecular weight is 363 g/mol. The van der Waals surface area contributed by atoms with Crippen LogP contribution in [0.1, 0.15) is 23.4 Å². The SMILES string of the molecule is c1ccc(CN2CC3(CCN(Cc4ccsc4)C3)c3ncccc32)nc1. The molecule has 5 heterocycles. The van der Waals surface area contributed by atoms with E-state index >= 15 is 0 Å². The average Bonchev–Trinajstić information content (AvgIpc) is 3.39. The zero-order valence-corrected chi connectivity index (χ0v) is 15.5. The van der Waals surface area contributed by atoms with Gasteiger partial charge in [-0.25, -0.2) is 0 Å². The van der Waals surface area contributed by atoms with Crippen LogP contribution in [0.15, 0.2) is 59.6 Å². The van der Waals surface area contributed by atoms with Crippen molar-refractivity contribution >= 4 is 17.0 Å². The Balaban J connectivity index is 1.40. The van der Waals surface area contributed by atoms with Gasteiger partial charge in [-0.15, -0.1) is 0 Å². The van der Waals surface area contributed by atoms with E-state index in [1.807, 2.05) is 18.5 Å². The molecule has 26 heavy (non-hydrogen) atoms. The molecule has 3 aromatic heterocycles. The lowest BCUT2D eigenvalue weighted by Crippen LogP contribution is -2.36. The number of nitrogens with zero attached hydrogens (tertiary/aromatic N) is 4.